The predicted molar refractivity (Wildman–Crippen MR) is 75.8 cm³/mol. The molecule has 0 rings (SSSR count). The van der Waals surface area contributed by atoms with Crippen molar-refractivity contribution in [2.45, 2.75) is 79.1 Å². The lowest BCUT2D eigenvalue weighted by atomic mass is 9.94. The molecule has 0 N–H and O–H groups in total. The molecular weight excluding hydrogens is 192 g/mol. The topological polar surface area (TPSA) is 0 Å². The molecule has 0 heterocycles. The van der Waals surface area contributed by atoms with Crippen LogP contribution in [-0.2, 0) is 0 Å². The Balaban J connectivity index is 3.89. The summed E-state index contributed by atoms with van der Waals surface area (Å²) in [6, 6.07) is 0. The highest BCUT2D eigenvalue weighted by molar-refractivity contribution is 4.91. The molecule has 16 heavy (non-hydrogen) atoms. The van der Waals surface area contributed by atoms with Crippen LogP contribution in [0.25, 0.3) is 0 Å². The van der Waals surface area contributed by atoms with Gasteiger partial charge in [-0.05, 0) is 31.1 Å². The van der Waals surface area contributed by atoms with Gasteiger partial charge < -0.3 is 0 Å². The summed E-state index contributed by atoms with van der Waals surface area (Å²) >= 11 is 0. The lowest BCUT2D eigenvalue weighted by Gasteiger charge is -2.12. The molecule has 0 aromatic heterocycles. The summed E-state index contributed by atoms with van der Waals surface area (Å²) in [6.07, 6.45) is 15.8. The lowest BCUT2D eigenvalue weighted by Crippen LogP contribution is -1.98. The minimum atomic E-state index is 0.779. The molecule has 0 nitrogen and oxygen atoms in total. The van der Waals surface area contributed by atoms with Gasteiger partial charge in [-0.15, -0.1) is 0 Å². The summed E-state index contributed by atoms with van der Waals surface area (Å²) in [5, 5.41) is 0. The maximum atomic E-state index is 2.50. The molecule has 0 aliphatic carbocycles. The van der Waals surface area contributed by atoms with Crippen LogP contribution in [0.4, 0.5) is 0 Å². The molecule has 0 aromatic rings. The summed E-state index contributed by atoms with van der Waals surface area (Å²) in [5.41, 5.74) is 0. The average molecular weight is 224 g/mol. The number of allylic oxidation sites excluding steroid dienone is 2. The second-order valence-corrected chi connectivity index (χ2v) is 5.20. The van der Waals surface area contributed by atoms with Crippen LogP contribution in [0.3, 0.4) is 0 Å². The van der Waals surface area contributed by atoms with Gasteiger partial charge in [0.2, 0.25) is 0 Å². The molecule has 0 amide bonds. The fraction of sp³-hybridized carbons (Fsp3) is 0.875. The highest BCUT2D eigenvalue weighted by atomic mass is 14.1. The Hall–Kier alpha value is -0.260. The molecule has 0 bridgehead atoms. The quantitative estimate of drug-likeness (QED) is 0.401. The molecule has 0 aliphatic rings. The standard InChI is InChI=1S/C16H32/c1-5-8-11-15(4)13-14-16(10-7-3)12-9-6-2/h13-16H,5-12H2,1-4H3. The normalized spacial score (nSPS) is 15.5. The van der Waals surface area contributed by atoms with Gasteiger partial charge in [-0.2, -0.15) is 0 Å². The van der Waals surface area contributed by atoms with Crippen molar-refractivity contribution in [1.29, 1.82) is 0 Å². The van der Waals surface area contributed by atoms with E-state index in [-0.39, 0.29) is 0 Å². The Bertz CT molecular complexity index is 157. The first-order valence-corrected chi connectivity index (χ1v) is 7.42. The SMILES string of the molecule is CCCCC(C)C=CC(CCC)CCCC. The highest BCUT2D eigenvalue weighted by Gasteiger charge is 2.03. The molecule has 0 aliphatic heterocycles. The van der Waals surface area contributed by atoms with Crippen molar-refractivity contribution in [2.24, 2.45) is 11.8 Å². The van der Waals surface area contributed by atoms with Gasteiger partial charge in [0.1, 0.15) is 0 Å². The molecule has 0 fully saturated rings. The third kappa shape index (κ3) is 9.00. The van der Waals surface area contributed by atoms with Crippen molar-refractivity contribution in [3.8, 4) is 0 Å². The van der Waals surface area contributed by atoms with Crippen molar-refractivity contribution < 1.29 is 0 Å². The Morgan fingerprint density at radius 2 is 1.38 bits per heavy atom. The van der Waals surface area contributed by atoms with E-state index in [0.29, 0.717) is 0 Å². The van der Waals surface area contributed by atoms with E-state index >= 15 is 0 Å². The first-order valence-electron chi connectivity index (χ1n) is 7.42. The molecule has 96 valence electrons. The summed E-state index contributed by atoms with van der Waals surface area (Å²) < 4.78 is 0. The molecule has 0 saturated heterocycles. The maximum absolute atomic E-state index is 2.50. The van der Waals surface area contributed by atoms with Gasteiger partial charge in [-0.25, -0.2) is 0 Å². The van der Waals surface area contributed by atoms with Crippen molar-refractivity contribution in [3.05, 3.63) is 12.2 Å². The molecule has 0 heteroatoms. The third-order valence-electron chi connectivity index (χ3n) is 3.31. The minimum Gasteiger partial charge on any atom is -0.0854 e. The van der Waals surface area contributed by atoms with Gasteiger partial charge in [0.15, 0.2) is 0 Å². The molecule has 0 aromatic carbocycles. The summed E-state index contributed by atoms with van der Waals surface area (Å²) in [7, 11) is 0. The van der Waals surface area contributed by atoms with Gasteiger partial charge in [0, 0.05) is 0 Å². The van der Waals surface area contributed by atoms with Gasteiger partial charge >= 0.3 is 0 Å². The largest absolute Gasteiger partial charge is 0.0854 e. The van der Waals surface area contributed by atoms with Gasteiger partial charge in [-0.3, -0.25) is 0 Å². The predicted octanol–water partition coefficient (Wildman–Crippen LogP) is 5.98. The number of hydrogen-bond acceptors (Lipinski definition) is 0. The van der Waals surface area contributed by atoms with Crippen molar-refractivity contribution in [3.63, 3.8) is 0 Å². The van der Waals surface area contributed by atoms with Crippen LogP contribution in [0.5, 0.6) is 0 Å². The average Bonchev–Trinajstić information content (AvgIpc) is 2.30. The third-order valence-corrected chi connectivity index (χ3v) is 3.31. The van der Waals surface area contributed by atoms with Crippen molar-refractivity contribution in [1.82, 2.24) is 0 Å². The Kier molecular flexibility index (Phi) is 11.0. The lowest BCUT2D eigenvalue weighted by molar-refractivity contribution is 0.505. The molecular formula is C16H32. The fourth-order valence-corrected chi connectivity index (χ4v) is 2.14. The summed E-state index contributed by atoms with van der Waals surface area (Å²) in [5.74, 6) is 1.62. The Labute approximate surface area is 104 Å². The Morgan fingerprint density at radius 3 is 1.94 bits per heavy atom. The van der Waals surface area contributed by atoms with Crippen LogP contribution < -0.4 is 0 Å². The smallest absolute Gasteiger partial charge is 0.0234 e. The minimum absolute atomic E-state index is 0.779. The van der Waals surface area contributed by atoms with Crippen molar-refractivity contribution in [2.75, 3.05) is 0 Å². The van der Waals surface area contributed by atoms with Gasteiger partial charge in [-0.1, -0.05) is 72.0 Å². The second-order valence-electron chi connectivity index (χ2n) is 5.20. The van der Waals surface area contributed by atoms with Gasteiger partial charge in [0.05, 0.1) is 0 Å². The highest BCUT2D eigenvalue weighted by Crippen LogP contribution is 2.18. The first-order chi connectivity index (χ1) is 7.74. The van der Waals surface area contributed by atoms with E-state index in [4.69, 9.17) is 0 Å². The van der Waals surface area contributed by atoms with E-state index < -0.39 is 0 Å². The van der Waals surface area contributed by atoms with E-state index in [1.807, 2.05) is 0 Å². The number of rotatable bonds is 10. The molecule has 0 saturated carbocycles. The summed E-state index contributed by atoms with van der Waals surface area (Å²) in [4.78, 5) is 0. The van der Waals surface area contributed by atoms with E-state index in [9.17, 15) is 0 Å². The van der Waals surface area contributed by atoms with Crippen LogP contribution in [0, 0.1) is 11.8 Å². The van der Waals surface area contributed by atoms with Crippen LogP contribution in [0.2, 0.25) is 0 Å². The molecule has 2 unspecified atom stereocenters. The number of unbranched alkanes of at least 4 members (excludes halogenated alkanes) is 2. The zero-order chi connectivity index (χ0) is 12.2. The van der Waals surface area contributed by atoms with E-state index in [1.165, 1.54) is 51.4 Å². The Morgan fingerprint density at radius 1 is 0.750 bits per heavy atom. The monoisotopic (exact) mass is 224 g/mol. The molecule has 2 atom stereocenters. The summed E-state index contributed by atoms with van der Waals surface area (Å²) in [6.45, 7) is 9.22. The van der Waals surface area contributed by atoms with E-state index in [0.717, 1.165) is 11.8 Å². The zero-order valence-corrected chi connectivity index (χ0v) is 12.0. The van der Waals surface area contributed by atoms with Crippen LogP contribution in [-0.4, -0.2) is 0 Å². The molecule has 0 radical (unpaired) electrons. The van der Waals surface area contributed by atoms with Crippen LogP contribution in [0.1, 0.15) is 79.1 Å². The van der Waals surface area contributed by atoms with Crippen LogP contribution >= 0.6 is 0 Å². The van der Waals surface area contributed by atoms with Gasteiger partial charge in [0.25, 0.3) is 0 Å². The fourth-order valence-electron chi connectivity index (χ4n) is 2.14. The van der Waals surface area contributed by atoms with Crippen LogP contribution in [0.15, 0.2) is 12.2 Å². The molecule has 0 spiro atoms. The van der Waals surface area contributed by atoms with E-state index in [1.54, 1.807) is 0 Å². The first kappa shape index (κ1) is 15.7. The number of hydrogen-bond donors (Lipinski definition) is 0. The second kappa shape index (κ2) is 11.2. The van der Waals surface area contributed by atoms with Crippen molar-refractivity contribution >= 4 is 0 Å². The van der Waals surface area contributed by atoms with E-state index in [2.05, 4.69) is 39.8 Å². The maximum Gasteiger partial charge on any atom is -0.0234 e. The zero-order valence-electron chi connectivity index (χ0n) is 12.0.